The van der Waals surface area contributed by atoms with Gasteiger partial charge in [0.1, 0.15) is 0 Å². The van der Waals surface area contributed by atoms with Gasteiger partial charge < -0.3 is 14.9 Å². The molecule has 1 saturated heterocycles. The van der Waals surface area contributed by atoms with E-state index in [9.17, 15) is 18.0 Å². The van der Waals surface area contributed by atoms with Crippen LogP contribution in [0.1, 0.15) is 6.42 Å². The first-order valence-electron chi connectivity index (χ1n) is 5.74. The zero-order valence-electron chi connectivity index (χ0n) is 10.1. The van der Waals surface area contributed by atoms with Crippen LogP contribution in [0.5, 0.6) is 0 Å². The second kappa shape index (κ2) is 6.69. The molecule has 18 heavy (non-hydrogen) atoms. The first kappa shape index (κ1) is 14.9. The zero-order chi connectivity index (χ0) is 13.6. The third kappa shape index (κ3) is 4.26. The third-order valence-electron chi connectivity index (χ3n) is 2.99. The molecule has 0 radical (unpaired) electrons. The molecule has 0 bridgehead atoms. The molecule has 1 aliphatic heterocycles. The Balaban J connectivity index is 2.47. The molecule has 1 rings (SSSR count). The average molecular weight is 278 g/mol. The van der Waals surface area contributed by atoms with Crippen molar-refractivity contribution < 1.29 is 23.1 Å². The van der Waals surface area contributed by atoms with Gasteiger partial charge in [0, 0.05) is 25.7 Å². The summed E-state index contributed by atoms with van der Waals surface area (Å²) in [5.41, 5.74) is 0. The van der Waals surface area contributed by atoms with Crippen molar-refractivity contribution in [2.75, 3.05) is 37.7 Å². The van der Waals surface area contributed by atoms with Crippen molar-refractivity contribution in [3.8, 4) is 0 Å². The zero-order valence-corrected chi connectivity index (χ0v) is 10.9. The second-order valence-electron chi connectivity index (χ2n) is 4.27. The number of carbonyl (C=O) groups is 2. The fourth-order valence-electron chi connectivity index (χ4n) is 1.95. The summed E-state index contributed by atoms with van der Waals surface area (Å²) >= 11 is 0. The van der Waals surface area contributed by atoms with Crippen LogP contribution in [-0.4, -0.2) is 79.9 Å². The van der Waals surface area contributed by atoms with Crippen molar-refractivity contribution in [3.63, 3.8) is 0 Å². The number of rotatable bonds is 8. The van der Waals surface area contributed by atoms with Gasteiger partial charge in [0.15, 0.2) is 9.84 Å². The second-order valence-corrected chi connectivity index (χ2v) is 6.49. The molecule has 0 aromatic heterocycles. The lowest BCUT2D eigenvalue weighted by Gasteiger charge is -2.26. The summed E-state index contributed by atoms with van der Waals surface area (Å²) in [4.78, 5) is 24.3. The van der Waals surface area contributed by atoms with Crippen LogP contribution in [0.3, 0.4) is 0 Å². The van der Waals surface area contributed by atoms with Crippen molar-refractivity contribution in [3.05, 3.63) is 0 Å². The highest BCUT2D eigenvalue weighted by atomic mass is 32.2. The van der Waals surface area contributed by atoms with Crippen LogP contribution in [0, 0.1) is 0 Å². The van der Waals surface area contributed by atoms with Crippen molar-refractivity contribution in [1.82, 2.24) is 9.80 Å². The Morgan fingerprint density at radius 3 is 2.33 bits per heavy atom. The minimum absolute atomic E-state index is 0.00711. The molecular formula is C10H18N2O5S. The lowest BCUT2D eigenvalue weighted by Crippen LogP contribution is -2.41. The molecule has 0 aliphatic carbocycles. The van der Waals surface area contributed by atoms with Gasteiger partial charge in [-0.3, -0.25) is 9.59 Å². The number of aliphatic hydroxyl groups is 1. The molecule has 1 fully saturated rings. The highest BCUT2D eigenvalue weighted by molar-refractivity contribution is 7.91. The summed E-state index contributed by atoms with van der Waals surface area (Å²) in [6, 6.07) is -0.296. The predicted molar refractivity (Wildman–Crippen MR) is 64.6 cm³/mol. The molecule has 0 saturated carbocycles. The first-order valence-corrected chi connectivity index (χ1v) is 7.56. The minimum Gasteiger partial charge on any atom is -0.395 e. The Kier molecular flexibility index (Phi) is 5.54. The first-order chi connectivity index (χ1) is 8.52. The van der Waals surface area contributed by atoms with E-state index in [1.807, 2.05) is 0 Å². The number of nitrogens with zero attached hydrogens (tertiary/aromatic N) is 2. The minimum atomic E-state index is -3.03. The van der Waals surface area contributed by atoms with Gasteiger partial charge in [0.25, 0.3) is 0 Å². The van der Waals surface area contributed by atoms with Crippen LogP contribution < -0.4 is 0 Å². The van der Waals surface area contributed by atoms with Crippen molar-refractivity contribution in [1.29, 1.82) is 0 Å². The summed E-state index contributed by atoms with van der Waals surface area (Å²) in [6.45, 7) is 0.637. The molecule has 1 aliphatic rings. The van der Waals surface area contributed by atoms with Gasteiger partial charge in [-0.1, -0.05) is 0 Å². The topological polar surface area (TPSA) is 95.0 Å². The van der Waals surface area contributed by atoms with Crippen LogP contribution in [0.2, 0.25) is 0 Å². The molecular weight excluding hydrogens is 260 g/mol. The molecule has 1 N–H and O–H groups in total. The van der Waals surface area contributed by atoms with Crippen molar-refractivity contribution >= 4 is 22.7 Å². The number of hydrogen-bond acceptors (Lipinski definition) is 5. The fraction of sp³-hybridized carbons (Fsp3) is 0.800. The number of aliphatic hydroxyl groups excluding tert-OH is 1. The molecule has 0 spiro atoms. The summed E-state index contributed by atoms with van der Waals surface area (Å²) in [5, 5.41) is 8.71. The van der Waals surface area contributed by atoms with E-state index in [0.717, 1.165) is 0 Å². The lowest BCUT2D eigenvalue weighted by atomic mass is 10.2. The normalized spacial score (nSPS) is 21.5. The van der Waals surface area contributed by atoms with Gasteiger partial charge in [-0.15, -0.1) is 0 Å². The average Bonchev–Trinajstić information content (AvgIpc) is 2.69. The Labute approximate surface area is 106 Å². The summed E-state index contributed by atoms with van der Waals surface area (Å²) < 4.78 is 22.6. The lowest BCUT2D eigenvalue weighted by molar-refractivity contribution is -0.123. The monoisotopic (exact) mass is 278 g/mol. The number of sulfone groups is 1. The molecule has 0 aromatic carbocycles. The van der Waals surface area contributed by atoms with E-state index in [-0.39, 0.29) is 37.2 Å². The van der Waals surface area contributed by atoms with Crippen LogP contribution in [0.4, 0.5) is 0 Å². The maximum Gasteiger partial charge on any atom is 0.210 e. The number of carbonyl (C=O) groups excluding carboxylic acids is 2. The van der Waals surface area contributed by atoms with Gasteiger partial charge in [-0.2, -0.15) is 0 Å². The van der Waals surface area contributed by atoms with E-state index in [1.165, 1.54) is 9.80 Å². The molecule has 1 atom stereocenters. The summed E-state index contributed by atoms with van der Waals surface area (Å²) in [6.07, 6.45) is 1.67. The fourth-order valence-corrected chi connectivity index (χ4v) is 3.69. The van der Waals surface area contributed by atoms with Crippen molar-refractivity contribution in [2.45, 2.75) is 12.5 Å². The van der Waals surface area contributed by atoms with Gasteiger partial charge in [0.05, 0.1) is 18.1 Å². The standard InChI is InChI=1S/C10H18N2O5S/c13-5-4-11(8-14)2-3-12(9-15)10-1-6-18(16,17)7-10/h8-10,13H,1-7H2. The maximum absolute atomic E-state index is 11.3. The molecule has 2 amide bonds. The van der Waals surface area contributed by atoms with E-state index in [0.29, 0.717) is 25.8 Å². The van der Waals surface area contributed by atoms with E-state index < -0.39 is 9.84 Å². The van der Waals surface area contributed by atoms with Crippen LogP contribution >= 0.6 is 0 Å². The quantitative estimate of drug-likeness (QED) is 0.522. The van der Waals surface area contributed by atoms with E-state index >= 15 is 0 Å². The van der Waals surface area contributed by atoms with Crippen LogP contribution in [0.15, 0.2) is 0 Å². The van der Waals surface area contributed by atoms with E-state index in [1.54, 1.807) is 0 Å². The molecule has 0 aromatic rings. The largest absolute Gasteiger partial charge is 0.395 e. The third-order valence-corrected chi connectivity index (χ3v) is 4.74. The molecule has 8 heteroatoms. The highest BCUT2D eigenvalue weighted by Gasteiger charge is 2.31. The Bertz CT molecular complexity index is 384. The van der Waals surface area contributed by atoms with Crippen LogP contribution in [-0.2, 0) is 19.4 Å². The molecule has 7 nitrogen and oxygen atoms in total. The van der Waals surface area contributed by atoms with Gasteiger partial charge in [0.2, 0.25) is 12.8 Å². The van der Waals surface area contributed by atoms with Gasteiger partial charge in [-0.25, -0.2) is 8.42 Å². The summed E-state index contributed by atoms with van der Waals surface area (Å²) in [5.74, 6) is 0.100. The SMILES string of the molecule is O=CN(CCO)CCN(C=O)C1CCS(=O)(=O)C1. The summed E-state index contributed by atoms with van der Waals surface area (Å²) in [7, 11) is -3.03. The van der Waals surface area contributed by atoms with Crippen molar-refractivity contribution in [2.24, 2.45) is 0 Å². The molecule has 1 unspecified atom stereocenters. The predicted octanol–water partition coefficient (Wildman–Crippen LogP) is -1.92. The molecule has 104 valence electrons. The van der Waals surface area contributed by atoms with Crippen LogP contribution in [0.25, 0.3) is 0 Å². The highest BCUT2D eigenvalue weighted by Crippen LogP contribution is 2.16. The smallest absolute Gasteiger partial charge is 0.210 e. The van der Waals surface area contributed by atoms with Gasteiger partial charge in [-0.05, 0) is 6.42 Å². The Hall–Kier alpha value is -1.15. The number of hydrogen-bond donors (Lipinski definition) is 1. The van der Waals surface area contributed by atoms with Gasteiger partial charge >= 0.3 is 0 Å². The van der Waals surface area contributed by atoms with E-state index in [4.69, 9.17) is 5.11 Å². The Morgan fingerprint density at radius 1 is 1.17 bits per heavy atom. The maximum atomic E-state index is 11.3. The molecule has 1 heterocycles. The van der Waals surface area contributed by atoms with E-state index in [2.05, 4.69) is 0 Å². The Morgan fingerprint density at radius 2 is 1.89 bits per heavy atom. The number of amides is 2.